The number of likely N-dealkylation sites (tertiary alicyclic amines) is 1. The molecule has 2 unspecified atom stereocenters. The molecule has 1 aliphatic heterocycles. The van der Waals surface area contributed by atoms with E-state index < -0.39 is 35.3 Å². The van der Waals surface area contributed by atoms with Crippen LogP contribution in [0.25, 0.3) is 0 Å². The van der Waals surface area contributed by atoms with Crippen molar-refractivity contribution in [2.45, 2.75) is 32.2 Å². The summed E-state index contributed by atoms with van der Waals surface area (Å²) >= 11 is 0. The van der Waals surface area contributed by atoms with Gasteiger partial charge in [-0.1, -0.05) is 0 Å². The summed E-state index contributed by atoms with van der Waals surface area (Å²) in [6.07, 6.45) is 0.197. The smallest absolute Gasteiger partial charge is 0.326 e. The van der Waals surface area contributed by atoms with Gasteiger partial charge < -0.3 is 26.8 Å². The molecule has 1 fully saturated rings. The summed E-state index contributed by atoms with van der Waals surface area (Å²) < 4.78 is 0. The van der Waals surface area contributed by atoms with Crippen molar-refractivity contribution in [1.82, 2.24) is 10.2 Å². The monoisotopic (exact) mass is 300 g/mol. The third kappa shape index (κ3) is 4.33. The molecular formula is C12H20N4O5. The average molecular weight is 300 g/mol. The fourth-order valence-corrected chi connectivity index (χ4v) is 2.12. The molecule has 1 rings (SSSR count). The Morgan fingerprint density at radius 2 is 1.95 bits per heavy atom. The van der Waals surface area contributed by atoms with Crippen molar-refractivity contribution in [3.63, 3.8) is 0 Å². The molecule has 0 aromatic carbocycles. The maximum absolute atomic E-state index is 12.0. The van der Waals surface area contributed by atoms with Crippen molar-refractivity contribution in [3.8, 4) is 0 Å². The Kier molecular flexibility index (Phi) is 5.12. The molecule has 0 spiro atoms. The molecular weight excluding hydrogens is 280 g/mol. The van der Waals surface area contributed by atoms with Crippen molar-refractivity contribution in [2.75, 3.05) is 13.1 Å². The van der Waals surface area contributed by atoms with E-state index in [1.165, 1.54) is 4.90 Å². The number of carbonyl (C=O) groups excluding carboxylic acids is 3. The summed E-state index contributed by atoms with van der Waals surface area (Å²) in [5.74, 6) is -2.39. The Hall–Kier alpha value is -2.32. The van der Waals surface area contributed by atoms with Gasteiger partial charge in [0.15, 0.2) is 0 Å². The van der Waals surface area contributed by atoms with Crippen LogP contribution in [-0.4, -0.2) is 53.0 Å². The number of carboxylic acid groups (broad SMARTS) is 1. The zero-order valence-electron chi connectivity index (χ0n) is 11.8. The lowest BCUT2D eigenvalue weighted by Crippen LogP contribution is -2.48. The van der Waals surface area contributed by atoms with Crippen LogP contribution < -0.4 is 16.8 Å². The minimum absolute atomic E-state index is 0.0860. The maximum atomic E-state index is 12.0. The first-order chi connectivity index (χ1) is 9.65. The first-order valence-corrected chi connectivity index (χ1v) is 6.52. The number of nitrogens with two attached hydrogens (primary N) is 2. The van der Waals surface area contributed by atoms with Gasteiger partial charge in [-0.05, 0) is 19.8 Å². The Bertz CT molecular complexity index is 467. The normalized spacial score (nSPS) is 22.6. The van der Waals surface area contributed by atoms with E-state index in [0.29, 0.717) is 13.0 Å². The third-order valence-electron chi connectivity index (χ3n) is 3.63. The number of amides is 4. The van der Waals surface area contributed by atoms with E-state index in [9.17, 15) is 19.2 Å². The van der Waals surface area contributed by atoms with Crippen LogP contribution in [-0.2, 0) is 14.4 Å². The van der Waals surface area contributed by atoms with Crippen LogP contribution in [0.5, 0.6) is 0 Å². The van der Waals surface area contributed by atoms with Crippen molar-refractivity contribution in [1.29, 1.82) is 0 Å². The van der Waals surface area contributed by atoms with Crippen LogP contribution >= 0.6 is 0 Å². The van der Waals surface area contributed by atoms with Gasteiger partial charge >= 0.3 is 12.0 Å². The minimum Gasteiger partial charge on any atom is -0.480 e. The zero-order valence-corrected chi connectivity index (χ0v) is 11.8. The topological polar surface area (TPSA) is 156 Å². The summed E-state index contributed by atoms with van der Waals surface area (Å²) in [7, 11) is 0. The Balaban J connectivity index is 2.61. The second-order valence-electron chi connectivity index (χ2n) is 5.44. The average Bonchev–Trinajstić information content (AvgIpc) is 2.78. The number of aliphatic carboxylic acids is 1. The molecule has 1 heterocycles. The van der Waals surface area contributed by atoms with Crippen molar-refractivity contribution in [2.24, 2.45) is 16.9 Å². The molecule has 9 nitrogen and oxygen atoms in total. The molecule has 0 aromatic heterocycles. The molecule has 0 radical (unpaired) electrons. The minimum atomic E-state index is -1.25. The fourth-order valence-electron chi connectivity index (χ4n) is 2.12. The van der Waals surface area contributed by atoms with Crippen molar-refractivity contribution < 1.29 is 24.3 Å². The molecule has 0 aliphatic carbocycles. The molecule has 2 atom stereocenters. The van der Waals surface area contributed by atoms with E-state index in [2.05, 4.69) is 5.32 Å². The van der Waals surface area contributed by atoms with Crippen molar-refractivity contribution >= 4 is 23.8 Å². The molecule has 1 saturated heterocycles. The van der Waals surface area contributed by atoms with E-state index in [1.54, 1.807) is 6.92 Å². The van der Waals surface area contributed by atoms with E-state index in [-0.39, 0.29) is 19.4 Å². The molecule has 0 bridgehead atoms. The molecule has 0 saturated carbocycles. The van der Waals surface area contributed by atoms with Crippen molar-refractivity contribution in [3.05, 3.63) is 0 Å². The lowest BCUT2D eigenvalue weighted by molar-refractivity contribution is -0.139. The second-order valence-corrected chi connectivity index (χ2v) is 5.44. The van der Waals surface area contributed by atoms with Crippen LogP contribution in [0.2, 0.25) is 0 Å². The summed E-state index contributed by atoms with van der Waals surface area (Å²) in [6.45, 7) is 2.11. The highest BCUT2D eigenvalue weighted by Gasteiger charge is 2.41. The van der Waals surface area contributed by atoms with Crippen LogP contribution in [0.4, 0.5) is 4.79 Å². The number of hydrogen-bond acceptors (Lipinski definition) is 4. The molecule has 21 heavy (non-hydrogen) atoms. The first kappa shape index (κ1) is 16.7. The van der Waals surface area contributed by atoms with Crippen LogP contribution in [0.15, 0.2) is 0 Å². The number of nitrogens with one attached hydrogen (secondary N) is 1. The van der Waals surface area contributed by atoms with Crippen LogP contribution in [0.1, 0.15) is 26.2 Å². The quantitative estimate of drug-likeness (QED) is 0.475. The van der Waals surface area contributed by atoms with E-state index in [0.717, 1.165) is 0 Å². The molecule has 1 aliphatic rings. The molecule has 9 heteroatoms. The van der Waals surface area contributed by atoms with E-state index in [4.69, 9.17) is 16.6 Å². The third-order valence-corrected chi connectivity index (χ3v) is 3.63. The van der Waals surface area contributed by atoms with Gasteiger partial charge in [0, 0.05) is 19.5 Å². The first-order valence-electron chi connectivity index (χ1n) is 6.52. The lowest BCUT2D eigenvalue weighted by Gasteiger charge is -2.23. The fraction of sp³-hybridized carbons (Fsp3) is 0.667. The highest BCUT2D eigenvalue weighted by atomic mass is 16.4. The number of carbonyl (C=O) groups is 4. The van der Waals surface area contributed by atoms with Gasteiger partial charge in [0.2, 0.25) is 11.8 Å². The summed E-state index contributed by atoms with van der Waals surface area (Å²) in [6, 6.07) is -1.80. The van der Waals surface area contributed by atoms with E-state index >= 15 is 0 Å². The summed E-state index contributed by atoms with van der Waals surface area (Å²) in [4.78, 5) is 46.4. The van der Waals surface area contributed by atoms with Gasteiger partial charge in [-0.25, -0.2) is 9.59 Å². The molecule has 4 amide bonds. The van der Waals surface area contributed by atoms with E-state index in [1.807, 2.05) is 0 Å². The predicted octanol–water partition coefficient (Wildman–Crippen LogP) is -1.39. The largest absolute Gasteiger partial charge is 0.480 e. The highest BCUT2D eigenvalue weighted by molar-refractivity contribution is 5.85. The number of rotatable bonds is 6. The van der Waals surface area contributed by atoms with Gasteiger partial charge in [-0.3, -0.25) is 9.59 Å². The zero-order chi connectivity index (χ0) is 16.2. The SMILES string of the molecule is CC1(C(N)=O)CCN(C(=O)NC(CCC(N)=O)C(=O)O)C1. The molecule has 6 N–H and O–H groups in total. The summed E-state index contributed by atoms with van der Waals surface area (Å²) in [5, 5.41) is 11.3. The Morgan fingerprint density at radius 1 is 1.33 bits per heavy atom. The molecule has 118 valence electrons. The molecule has 0 aromatic rings. The van der Waals surface area contributed by atoms with Gasteiger partial charge in [0.25, 0.3) is 0 Å². The number of hydrogen-bond donors (Lipinski definition) is 4. The van der Waals surface area contributed by atoms with Gasteiger partial charge in [-0.2, -0.15) is 0 Å². The number of primary amides is 2. The Morgan fingerprint density at radius 3 is 2.38 bits per heavy atom. The standard InChI is InChI=1S/C12H20N4O5/c1-12(10(14)20)4-5-16(6-12)11(21)15-7(9(18)19)2-3-8(13)17/h7H,2-6H2,1H3,(H2,13,17)(H2,14,20)(H,15,21)(H,18,19). The van der Waals surface area contributed by atoms with Crippen LogP contribution in [0, 0.1) is 5.41 Å². The predicted molar refractivity (Wildman–Crippen MR) is 71.9 cm³/mol. The maximum Gasteiger partial charge on any atom is 0.326 e. The van der Waals surface area contributed by atoms with Crippen LogP contribution in [0.3, 0.4) is 0 Å². The highest BCUT2D eigenvalue weighted by Crippen LogP contribution is 2.29. The number of nitrogens with zero attached hydrogens (tertiary/aromatic N) is 1. The van der Waals surface area contributed by atoms with Gasteiger partial charge in [0.1, 0.15) is 6.04 Å². The van der Waals surface area contributed by atoms with Gasteiger partial charge in [0.05, 0.1) is 5.41 Å². The lowest BCUT2D eigenvalue weighted by atomic mass is 9.89. The number of urea groups is 1. The summed E-state index contributed by atoms with van der Waals surface area (Å²) in [5.41, 5.74) is 9.44. The number of carboxylic acids is 1. The second kappa shape index (κ2) is 6.42. The Labute approximate surface area is 121 Å². The van der Waals surface area contributed by atoms with Gasteiger partial charge in [-0.15, -0.1) is 0 Å².